The fourth-order valence-electron chi connectivity index (χ4n) is 8.74. The highest BCUT2D eigenvalue weighted by Crippen LogP contribution is 2.55. The fourth-order valence-corrected chi connectivity index (χ4v) is 11.0. The Labute approximate surface area is 307 Å². The lowest BCUT2D eigenvalue weighted by Gasteiger charge is -2.28. The Bertz CT molecular complexity index is 2440. The molecule has 51 heavy (non-hydrogen) atoms. The van der Waals surface area contributed by atoms with E-state index in [1.54, 1.807) is 0 Å². The van der Waals surface area contributed by atoms with Crippen LogP contribution in [0, 0.1) is 6.92 Å². The second kappa shape index (κ2) is 11.8. The molecule has 0 fully saturated rings. The van der Waals surface area contributed by atoms with E-state index in [9.17, 15) is 0 Å². The summed E-state index contributed by atoms with van der Waals surface area (Å²) in [5.41, 5.74) is 16.5. The van der Waals surface area contributed by atoms with Gasteiger partial charge in [0.2, 0.25) is 11.4 Å². The molecule has 2 aliphatic rings. The third kappa shape index (κ3) is 5.59. The Morgan fingerprint density at radius 3 is 2.16 bits per heavy atom. The van der Waals surface area contributed by atoms with E-state index in [1.807, 2.05) is 0 Å². The Hall–Kier alpha value is -4.39. The van der Waals surface area contributed by atoms with Gasteiger partial charge in [0, 0.05) is 35.2 Å². The van der Waals surface area contributed by atoms with Gasteiger partial charge in [0.15, 0.2) is 18.1 Å². The van der Waals surface area contributed by atoms with Crippen LogP contribution in [0.4, 0.5) is 0 Å². The molecule has 0 spiro atoms. The van der Waals surface area contributed by atoms with Crippen LogP contribution in [0.3, 0.4) is 0 Å². The smallest absolute Gasteiger partial charge is 0.201 e. The van der Waals surface area contributed by atoms with Gasteiger partial charge in [-0.3, -0.25) is 0 Å². The van der Waals surface area contributed by atoms with Crippen LogP contribution in [0.15, 0.2) is 109 Å². The zero-order valence-electron chi connectivity index (χ0n) is 32.2. The molecule has 0 saturated heterocycles. The topological polar surface area (TPSA) is 7.76 Å². The van der Waals surface area contributed by atoms with E-state index in [2.05, 4.69) is 186 Å². The maximum absolute atomic E-state index is 2.52. The van der Waals surface area contributed by atoms with Gasteiger partial charge in [0.25, 0.3) is 0 Å². The molecule has 0 radical (unpaired) electrons. The van der Waals surface area contributed by atoms with Gasteiger partial charge in [-0.15, -0.1) is 0 Å². The molecule has 4 aromatic carbocycles. The first-order valence-corrected chi connectivity index (χ1v) is 25.7. The van der Waals surface area contributed by atoms with Gasteiger partial charge in [-0.1, -0.05) is 119 Å². The molecule has 0 N–H and O–H groups in total. The molecular weight excluding hydrogens is 649 g/mol. The van der Waals surface area contributed by atoms with Crippen molar-refractivity contribution in [3.8, 4) is 33.6 Å². The SMILES string of the molecule is Cc1cc[n+]2c(c1)-c1c(ccc3c1C(C)(C)c1c-3ccc3ccccc13)C/C2=C/Cc1ccc([Si](C)(C)C)cc1-c1cc([Si](C)(C)C)cc[n+]1C. The fraction of sp³-hybridized carbons (Fsp3) is 0.277. The van der Waals surface area contributed by atoms with Crippen LogP contribution in [-0.4, -0.2) is 16.1 Å². The summed E-state index contributed by atoms with van der Waals surface area (Å²) in [5.74, 6) is 0. The lowest BCUT2D eigenvalue weighted by atomic mass is 9.75. The highest BCUT2D eigenvalue weighted by Gasteiger charge is 2.43. The Morgan fingerprint density at radius 1 is 0.686 bits per heavy atom. The summed E-state index contributed by atoms with van der Waals surface area (Å²) in [5, 5.41) is 5.71. The van der Waals surface area contributed by atoms with Gasteiger partial charge in [0.1, 0.15) is 7.05 Å². The van der Waals surface area contributed by atoms with Crippen LogP contribution in [0.1, 0.15) is 41.7 Å². The number of benzene rings is 4. The summed E-state index contributed by atoms with van der Waals surface area (Å²) < 4.78 is 4.82. The molecule has 4 heteroatoms. The van der Waals surface area contributed by atoms with Crippen molar-refractivity contribution in [3.63, 3.8) is 0 Å². The van der Waals surface area contributed by atoms with E-state index in [-0.39, 0.29) is 5.41 Å². The van der Waals surface area contributed by atoms with Crippen molar-refractivity contribution in [1.82, 2.24) is 0 Å². The molecule has 1 aliphatic carbocycles. The van der Waals surface area contributed by atoms with E-state index in [0.717, 1.165) is 12.8 Å². The van der Waals surface area contributed by atoms with Crippen LogP contribution in [-0.2, 0) is 25.3 Å². The summed E-state index contributed by atoms with van der Waals surface area (Å²) >= 11 is 0. The lowest BCUT2D eigenvalue weighted by Crippen LogP contribution is -2.42. The Balaban J connectivity index is 1.26. The Kier molecular flexibility index (Phi) is 7.82. The first-order chi connectivity index (χ1) is 24.1. The van der Waals surface area contributed by atoms with E-state index < -0.39 is 16.1 Å². The first kappa shape index (κ1) is 33.7. The van der Waals surface area contributed by atoms with Gasteiger partial charge < -0.3 is 0 Å². The molecule has 1 aliphatic heterocycles. The number of hydrogen-bond donors (Lipinski definition) is 0. The zero-order valence-corrected chi connectivity index (χ0v) is 34.2. The summed E-state index contributed by atoms with van der Waals surface area (Å²) in [6.45, 7) is 21.8. The highest BCUT2D eigenvalue weighted by atomic mass is 28.3. The van der Waals surface area contributed by atoms with E-state index in [4.69, 9.17) is 0 Å². The second-order valence-corrected chi connectivity index (χ2v) is 27.8. The molecule has 2 aromatic heterocycles. The number of aromatic nitrogens is 2. The number of hydrogen-bond acceptors (Lipinski definition) is 0. The molecule has 2 nitrogen and oxygen atoms in total. The van der Waals surface area contributed by atoms with Gasteiger partial charge >= 0.3 is 0 Å². The largest absolute Gasteiger partial charge is 0.218 e. The second-order valence-electron chi connectivity index (χ2n) is 17.7. The molecule has 0 bridgehead atoms. The van der Waals surface area contributed by atoms with Crippen LogP contribution in [0.2, 0.25) is 39.3 Å². The average Bonchev–Trinajstić information content (AvgIpc) is 3.32. The predicted octanol–water partition coefficient (Wildman–Crippen LogP) is 9.63. The van der Waals surface area contributed by atoms with Crippen LogP contribution >= 0.6 is 0 Å². The summed E-state index contributed by atoms with van der Waals surface area (Å²) in [6, 6.07) is 35.3. The van der Waals surface area contributed by atoms with Crippen molar-refractivity contribution in [2.45, 2.75) is 78.3 Å². The minimum Gasteiger partial charge on any atom is -0.201 e. The molecule has 0 atom stereocenters. The van der Waals surface area contributed by atoms with Crippen molar-refractivity contribution >= 4 is 43.0 Å². The molecule has 8 rings (SSSR count). The number of fused-ring (bicyclic) bond motifs is 9. The molecule has 0 saturated carbocycles. The maximum atomic E-state index is 2.52. The number of nitrogens with zero attached hydrogens (tertiary/aromatic N) is 2. The average molecular weight is 701 g/mol. The third-order valence-corrected chi connectivity index (χ3v) is 15.7. The maximum Gasteiger partial charge on any atom is 0.218 e. The van der Waals surface area contributed by atoms with E-state index >= 15 is 0 Å². The van der Waals surface area contributed by atoms with Gasteiger partial charge in [0.05, 0.1) is 28.1 Å². The first-order valence-electron chi connectivity index (χ1n) is 18.7. The van der Waals surface area contributed by atoms with E-state index in [0.29, 0.717) is 0 Å². The normalized spacial score (nSPS) is 15.5. The number of rotatable bonds is 5. The van der Waals surface area contributed by atoms with Gasteiger partial charge in [-0.2, -0.15) is 4.57 Å². The molecule has 0 amide bonds. The van der Waals surface area contributed by atoms with Gasteiger partial charge in [-0.25, -0.2) is 4.57 Å². The summed E-state index contributed by atoms with van der Waals surface area (Å²) in [4.78, 5) is 0. The highest BCUT2D eigenvalue weighted by molar-refractivity contribution is 6.89. The minimum atomic E-state index is -1.52. The number of allylic oxidation sites excluding steroid dienone is 2. The predicted molar refractivity (Wildman–Crippen MR) is 223 cm³/mol. The molecule has 0 unspecified atom stereocenters. The Morgan fingerprint density at radius 2 is 1.39 bits per heavy atom. The zero-order chi connectivity index (χ0) is 36.0. The third-order valence-electron chi connectivity index (χ3n) is 11.6. The molecule has 256 valence electrons. The van der Waals surface area contributed by atoms with Crippen LogP contribution in [0.25, 0.3) is 50.1 Å². The summed E-state index contributed by atoms with van der Waals surface area (Å²) in [6.07, 6.45) is 8.91. The molecule has 6 aromatic rings. The quantitative estimate of drug-likeness (QED) is 0.125. The van der Waals surface area contributed by atoms with Crippen LogP contribution < -0.4 is 19.5 Å². The summed E-state index contributed by atoms with van der Waals surface area (Å²) in [7, 11) is -0.791. The van der Waals surface area contributed by atoms with Crippen molar-refractivity contribution < 1.29 is 9.13 Å². The van der Waals surface area contributed by atoms with Crippen molar-refractivity contribution in [3.05, 3.63) is 137 Å². The lowest BCUT2D eigenvalue weighted by molar-refractivity contribution is -0.660. The molecular formula is C47H52N2Si2+2. The molecule has 3 heterocycles. The van der Waals surface area contributed by atoms with Gasteiger partial charge in [-0.05, 0) is 80.4 Å². The standard InChI is InChI=1S/C47H52N2Si2/c1-31-23-26-49-35(19-15-33-16-20-36(50(5,6)7)29-41(33)42-30-37(51(8,9)10)24-25-48(42)4)28-34-18-22-40-39-21-17-32-13-11-12-14-38(32)45(39)47(2,3)46(40)44(34)43(49)27-31/h11-14,16-27,29-30H,15,28H2,1-10H3/q+2/b35-19-. The van der Waals surface area contributed by atoms with Crippen LogP contribution in [0.5, 0.6) is 0 Å². The minimum absolute atomic E-state index is 0.118. The monoisotopic (exact) mass is 700 g/mol. The number of aryl methyl sites for hydroxylation is 2. The van der Waals surface area contributed by atoms with Crippen molar-refractivity contribution in [2.75, 3.05) is 0 Å². The van der Waals surface area contributed by atoms with Crippen molar-refractivity contribution in [1.29, 1.82) is 0 Å². The van der Waals surface area contributed by atoms with Crippen molar-refractivity contribution in [2.24, 2.45) is 7.05 Å². The van der Waals surface area contributed by atoms with E-state index in [1.165, 1.54) is 88.3 Å². The number of pyridine rings is 2.